The van der Waals surface area contributed by atoms with Crippen LogP contribution in [0.3, 0.4) is 0 Å². The summed E-state index contributed by atoms with van der Waals surface area (Å²) in [7, 11) is -0.917. The van der Waals surface area contributed by atoms with Crippen molar-refractivity contribution >= 4 is 59.7 Å². The van der Waals surface area contributed by atoms with Crippen LogP contribution in [0.15, 0.2) is 132 Å². The molecule has 0 unspecified atom stereocenters. The van der Waals surface area contributed by atoms with Crippen LogP contribution in [0.2, 0.25) is 23.7 Å². The van der Waals surface area contributed by atoms with E-state index in [0.717, 1.165) is 33.3 Å². The highest BCUT2D eigenvalue weighted by Gasteiger charge is 2.66. The Morgan fingerprint density at radius 2 is 1.61 bits per heavy atom. The van der Waals surface area contributed by atoms with E-state index in [1.165, 1.54) is 5.01 Å². The van der Waals surface area contributed by atoms with Gasteiger partial charge < -0.3 is 24.4 Å². The Labute approximate surface area is 363 Å². The highest BCUT2D eigenvalue weighted by atomic mass is 35.5. The highest BCUT2D eigenvalue weighted by Crippen LogP contribution is 2.60. The maximum absolute atomic E-state index is 15.4. The maximum atomic E-state index is 15.4. The number of hydrogen-bond donors (Lipinski definition) is 1. The summed E-state index contributed by atoms with van der Waals surface area (Å²) in [5.41, 5.74) is 4.08. The summed E-state index contributed by atoms with van der Waals surface area (Å²) in [4.78, 5) is 46.3. The predicted octanol–water partition coefficient (Wildman–Crippen LogP) is 8.05. The average molecular weight is 856 g/mol. The summed E-state index contributed by atoms with van der Waals surface area (Å²) in [5, 5.41) is 17.9. The molecule has 0 aromatic heterocycles. The number of aliphatic hydroxyl groups is 1. The van der Waals surface area contributed by atoms with E-state index in [4.69, 9.17) is 26.2 Å². The zero-order valence-electron chi connectivity index (χ0n) is 35.0. The maximum Gasteiger partial charge on any atom is 0.264 e. The van der Waals surface area contributed by atoms with Crippen molar-refractivity contribution < 1.29 is 29.0 Å². The van der Waals surface area contributed by atoms with E-state index in [1.807, 2.05) is 109 Å². The van der Waals surface area contributed by atoms with Crippen LogP contribution in [0, 0.1) is 5.92 Å². The number of ether oxygens (including phenoxy) is 2. The number of halogens is 1. The summed E-state index contributed by atoms with van der Waals surface area (Å²) in [6.07, 6.45) is 0.339. The van der Waals surface area contributed by atoms with Gasteiger partial charge in [0.2, 0.25) is 11.8 Å². The van der Waals surface area contributed by atoms with Gasteiger partial charge in [-0.3, -0.25) is 14.4 Å². The summed E-state index contributed by atoms with van der Waals surface area (Å²) in [6, 6.07) is 40.8. The second-order valence-corrected chi connectivity index (χ2v) is 21.8. The van der Waals surface area contributed by atoms with E-state index in [9.17, 15) is 14.7 Å². The van der Waals surface area contributed by atoms with Crippen LogP contribution in [-0.4, -0.2) is 67.9 Å². The molecule has 10 nitrogen and oxygen atoms in total. The van der Waals surface area contributed by atoms with E-state index < -0.39 is 19.8 Å². The Bertz CT molecular complexity index is 2430. The lowest BCUT2D eigenvalue weighted by Crippen LogP contribution is -2.52. The first-order chi connectivity index (χ1) is 29.4. The minimum Gasteiger partial charge on any atom is -0.497 e. The summed E-state index contributed by atoms with van der Waals surface area (Å²) in [5.74, 6) is -0.0456. The zero-order chi connectivity index (χ0) is 42.9. The first-order valence-electron chi connectivity index (χ1n) is 20.9. The zero-order valence-corrected chi connectivity index (χ0v) is 36.7. The monoisotopic (exact) mass is 854 g/mol. The molecule has 0 radical (unpaired) electrons. The van der Waals surface area contributed by atoms with Crippen molar-refractivity contribution in [1.82, 2.24) is 4.90 Å². The van der Waals surface area contributed by atoms with Crippen LogP contribution in [0.4, 0.5) is 11.4 Å². The first-order valence-corrected chi connectivity index (χ1v) is 24.3. The van der Waals surface area contributed by atoms with Crippen molar-refractivity contribution in [3.63, 3.8) is 0 Å². The molecular formula is C49H51ClN4O6Si. The molecule has 3 aliphatic rings. The molecule has 1 saturated heterocycles. The van der Waals surface area contributed by atoms with E-state index in [1.54, 1.807) is 23.0 Å². The van der Waals surface area contributed by atoms with Gasteiger partial charge in [0.25, 0.3) is 5.91 Å². The third-order valence-corrected chi connectivity index (χ3v) is 17.4. The number of methoxy groups -OCH3 is 1. The number of nitrogens with zero attached hydrogens (tertiary/aromatic N) is 4. The molecule has 1 fully saturated rings. The summed E-state index contributed by atoms with van der Waals surface area (Å²) in [6.45, 7) is 7.22. The lowest BCUT2D eigenvalue weighted by atomic mass is 9.82. The van der Waals surface area contributed by atoms with Crippen LogP contribution >= 0.6 is 11.6 Å². The van der Waals surface area contributed by atoms with Crippen LogP contribution in [-0.2, 0) is 37.8 Å². The van der Waals surface area contributed by atoms with Crippen molar-refractivity contribution in [2.45, 2.75) is 69.6 Å². The number of anilines is 2. The molecule has 3 amide bonds. The number of amides is 3. The number of hydrazone groups is 1. The van der Waals surface area contributed by atoms with Crippen LogP contribution in [0.1, 0.15) is 48.4 Å². The number of hydrogen-bond acceptors (Lipinski definition) is 7. The van der Waals surface area contributed by atoms with Gasteiger partial charge in [0, 0.05) is 42.4 Å². The molecule has 5 aromatic rings. The molecule has 1 N–H and O–H groups in total. The highest BCUT2D eigenvalue weighted by molar-refractivity contribution is 6.91. The van der Waals surface area contributed by atoms with Gasteiger partial charge in [0.15, 0.2) is 5.60 Å². The normalized spacial score (nSPS) is 21.1. The van der Waals surface area contributed by atoms with Gasteiger partial charge in [-0.05, 0) is 64.7 Å². The van der Waals surface area contributed by atoms with Crippen molar-refractivity contribution in [1.29, 1.82) is 0 Å². The number of aliphatic hydroxyl groups excluding tert-OH is 1. The quantitative estimate of drug-likeness (QED) is 0.120. The molecule has 8 rings (SSSR count). The molecular weight excluding hydrogens is 804 g/mol. The fourth-order valence-corrected chi connectivity index (χ4v) is 13.9. The topological polar surface area (TPSA) is 112 Å². The molecule has 1 spiro atoms. The van der Waals surface area contributed by atoms with Crippen molar-refractivity contribution in [3.8, 4) is 5.75 Å². The Morgan fingerprint density at radius 1 is 0.918 bits per heavy atom. The van der Waals surface area contributed by atoms with Crippen molar-refractivity contribution in [3.05, 3.63) is 155 Å². The molecule has 3 heterocycles. The SMILES string of the molecule is COc1ccc([Si](C)(C)[C@@H]2[C@@H](CC(=O)N(CCO)Cc3ccccc3)O[C@]3(C(=O)N(Cc4ccc(N5N=C(c6ccccc6)CCC5=O)cc4)c4ccc(Cl)cc43)[C@H]2C)cc1. The van der Waals surface area contributed by atoms with Crippen molar-refractivity contribution in [2.75, 3.05) is 30.2 Å². The molecule has 5 aromatic carbocycles. The van der Waals surface area contributed by atoms with Gasteiger partial charge in [0.1, 0.15) is 5.75 Å². The molecule has 4 atom stereocenters. The lowest BCUT2D eigenvalue weighted by Gasteiger charge is -2.37. The number of carbonyl (C=O) groups excluding carboxylic acids is 3. The van der Waals surface area contributed by atoms with Gasteiger partial charge in [-0.15, -0.1) is 0 Å². The van der Waals surface area contributed by atoms with Gasteiger partial charge in [-0.1, -0.05) is 122 Å². The average Bonchev–Trinajstić information content (AvgIpc) is 3.70. The molecule has 0 aliphatic carbocycles. The Balaban J connectivity index is 1.13. The molecule has 12 heteroatoms. The Morgan fingerprint density at radius 3 is 2.28 bits per heavy atom. The van der Waals surface area contributed by atoms with Crippen molar-refractivity contribution in [2.24, 2.45) is 11.0 Å². The van der Waals surface area contributed by atoms with E-state index in [-0.39, 0.29) is 55.3 Å². The lowest BCUT2D eigenvalue weighted by molar-refractivity contribution is -0.150. The van der Waals surface area contributed by atoms with Gasteiger partial charge in [-0.25, -0.2) is 5.01 Å². The Kier molecular flexibility index (Phi) is 12.0. The minimum absolute atomic E-state index is 0.0322. The van der Waals surface area contributed by atoms with Crippen LogP contribution in [0.25, 0.3) is 0 Å². The number of rotatable bonds is 13. The second kappa shape index (κ2) is 17.4. The number of benzene rings is 5. The second-order valence-electron chi connectivity index (χ2n) is 16.7. The fraction of sp³-hybridized carbons (Fsp3) is 0.306. The predicted molar refractivity (Wildman–Crippen MR) is 242 cm³/mol. The van der Waals surface area contributed by atoms with Gasteiger partial charge >= 0.3 is 0 Å². The summed E-state index contributed by atoms with van der Waals surface area (Å²) < 4.78 is 12.7. The van der Waals surface area contributed by atoms with E-state index in [0.29, 0.717) is 41.3 Å². The third-order valence-electron chi connectivity index (χ3n) is 12.8. The molecule has 314 valence electrons. The standard InChI is InChI=1S/C49H51ClN4O6Si/c1-33-47(61(3,4)40-22-20-39(59-2)21-23-40)44(30-46(57)52(27-28-55)31-34-11-7-5-8-12-34)60-49(33)41-29-37(50)17-25-43(41)53(48(49)58)32-35-15-18-38(19-16-35)54-45(56)26-24-42(51-54)36-13-9-6-10-14-36/h5-23,25,29,33,44,47,55H,24,26-28,30-32H2,1-4H3/t33-,44+,47-,49+/m0/s1. The minimum atomic E-state index is -2.56. The fourth-order valence-electron chi connectivity index (χ4n) is 9.68. The third kappa shape index (κ3) is 8.03. The largest absolute Gasteiger partial charge is 0.497 e. The number of carbonyl (C=O) groups is 3. The molecule has 0 bridgehead atoms. The smallest absolute Gasteiger partial charge is 0.264 e. The Hall–Kier alpha value is -5.59. The molecule has 61 heavy (non-hydrogen) atoms. The first kappa shape index (κ1) is 42.1. The summed E-state index contributed by atoms with van der Waals surface area (Å²) >= 11 is 6.75. The number of fused-ring (bicyclic) bond motifs is 2. The van der Waals surface area contributed by atoms with E-state index >= 15 is 4.79 Å². The van der Waals surface area contributed by atoms with Crippen LogP contribution in [0.5, 0.6) is 5.75 Å². The van der Waals surface area contributed by atoms with E-state index in [2.05, 4.69) is 32.2 Å². The van der Waals surface area contributed by atoms with Crippen LogP contribution < -0.4 is 19.8 Å². The molecule has 3 aliphatic heterocycles. The van der Waals surface area contributed by atoms with Gasteiger partial charge in [0.05, 0.1) is 57.9 Å². The van der Waals surface area contributed by atoms with Gasteiger partial charge in [-0.2, -0.15) is 5.10 Å². The molecule has 0 saturated carbocycles.